The standard InChI is InChI=1S/C12H14F2N4S/c1-8-16-17-12(18(8)6-5-15)19-7-9-10(13)3-2-4-11(9)14/h2-4H,5-7,15H2,1H3. The molecule has 2 aromatic rings. The van der Waals surface area contributed by atoms with E-state index < -0.39 is 11.6 Å². The van der Waals surface area contributed by atoms with Crippen molar-refractivity contribution < 1.29 is 8.78 Å². The van der Waals surface area contributed by atoms with Gasteiger partial charge in [-0.2, -0.15) is 0 Å². The smallest absolute Gasteiger partial charge is 0.191 e. The van der Waals surface area contributed by atoms with Crippen LogP contribution >= 0.6 is 11.8 Å². The van der Waals surface area contributed by atoms with Gasteiger partial charge in [0.2, 0.25) is 0 Å². The summed E-state index contributed by atoms with van der Waals surface area (Å²) in [7, 11) is 0. The summed E-state index contributed by atoms with van der Waals surface area (Å²) in [4.78, 5) is 0. The Morgan fingerprint density at radius 3 is 2.58 bits per heavy atom. The average molecular weight is 284 g/mol. The topological polar surface area (TPSA) is 56.7 Å². The van der Waals surface area contributed by atoms with E-state index in [2.05, 4.69) is 10.2 Å². The molecule has 0 amide bonds. The number of benzene rings is 1. The van der Waals surface area contributed by atoms with Crippen molar-refractivity contribution in [3.63, 3.8) is 0 Å². The van der Waals surface area contributed by atoms with Crippen LogP contribution in [-0.4, -0.2) is 21.3 Å². The van der Waals surface area contributed by atoms with Crippen LogP contribution in [0.15, 0.2) is 23.4 Å². The highest BCUT2D eigenvalue weighted by atomic mass is 32.2. The molecule has 0 unspecified atom stereocenters. The molecule has 2 N–H and O–H groups in total. The van der Waals surface area contributed by atoms with Crippen LogP contribution in [0.3, 0.4) is 0 Å². The van der Waals surface area contributed by atoms with E-state index in [1.807, 2.05) is 11.5 Å². The van der Waals surface area contributed by atoms with Gasteiger partial charge in [0.05, 0.1) is 0 Å². The Morgan fingerprint density at radius 2 is 1.95 bits per heavy atom. The molecule has 0 aliphatic heterocycles. The maximum absolute atomic E-state index is 13.5. The van der Waals surface area contributed by atoms with Crippen LogP contribution in [0, 0.1) is 18.6 Å². The maximum Gasteiger partial charge on any atom is 0.191 e. The van der Waals surface area contributed by atoms with Crippen LogP contribution < -0.4 is 5.73 Å². The van der Waals surface area contributed by atoms with Gasteiger partial charge in [-0.1, -0.05) is 17.8 Å². The van der Waals surface area contributed by atoms with E-state index in [0.29, 0.717) is 18.2 Å². The van der Waals surface area contributed by atoms with Crippen LogP contribution in [0.2, 0.25) is 0 Å². The van der Waals surface area contributed by atoms with E-state index in [0.717, 1.165) is 5.82 Å². The molecule has 4 nitrogen and oxygen atoms in total. The van der Waals surface area contributed by atoms with Gasteiger partial charge in [-0.05, 0) is 19.1 Å². The third-order valence-corrected chi connectivity index (χ3v) is 3.66. The first-order chi connectivity index (χ1) is 9.13. The number of nitrogens with zero attached hydrogens (tertiary/aromatic N) is 3. The molecule has 0 saturated carbocycles. The highest BCUT2D eigenvalue weighted by molar-refractivity contribution is 7.98. The van der Waals surface area contributed by atoms with Crippen LogP contribution in [0.5, 0.6) is 0 Å². The molecule has 19 heavy (non-hydrogen) atoms. The van der Waals surface area contributed by atoms with E-state index in [-0.39, 0.29) is 11.3 Å². The van der Waals surface area contributed by atoms with E-state index in [1.165, 1.54) is 30.0 Å². The highest BCUT2D eigenvalue weighted by Gasteiger charge is 2.13. The van der Waals surface area contributed by atoms with E-state index in [9.17, 15) is 8.78 Å². The molecule has 0 saturated heterocycles. The Balaban J connectivity index is 2.15. The molecule has 0 aliphatic carbocycles. The average Bonchev–Trinajstić information content (AvgIpc) is 2.71. The first kappa shape index (κ1) is 14.0. The monoisotopic (exact) mass is 284 g/mol. The second-order valence-electron chi connectivity index (χ2n) is 3.96. The SMILES string of the molecule is Cc1nnc(SCc2c(F)cccc2F)n1CCN. The molecular weight excluding hydrogens is 270 g/mol. The number of aromatic nitrogens is 3. The molecule has 1 aromatic carbocycles. The summed E-state index contributed by atoms with van der Waals surface area (Å²) in [5, 5.41) is 8.54. The minimum Gasteiger partial charge on any atom is -0.329 e. The largest absolute Gasteiger partial charge is 0.329 e. The fraction of sp³-hybridized carbons (Fsp3) is 0.333. The maximum atomic E-state index is 13.5. The van der Waals surface area contributed by atoms with Crippen LogP contribution in [-0.2, 0) is 12.3 Å². The molecule has 102 valence electrons. The molecule has 0 atom stereocenters. The zero-order valence-electron chi connectivity index (χ0n) is 10.4. The van der Waals surface area contributed by atoms with Crippen LogP contribution in [0.1, 0.15) is 11.4 Å². The summed E-state index contributed by atoms with van der Waals surface area (Å²) >= 11 is 1.24. The third kappa shape index (κ3) is 3.10. The molecule has 0 bridgehead atoms. The summed E-state index contributed by atoms with van der Waals surface area (Å²) in [6.07, 6.45) is 0. The molecule has 0 radical (unpaired) electrons. The fourth-order valence-corrected chi connectivity index (χ4v) is 2.69. The molecule has 0 fully saturated rings. The number of halogens is 2. The van der Waals surface area contributed by atoms with Crippen molar-refractivity contribution in [1.29, 1.82) is 0 Å². The van der Waals surface area contributed by atoms with Gasteiger partial charge in [0.25, 0.3) is 0 Å². The van der Waals surface area contributed by atoms with Crippen LogP contribution in [0.25, 0.3) is 0 Å². The van der Waals surface area contributed by atoms with Gasteiger partial charge in [-0.15, -0.1) is 10.2 Å². The molecular formula is C12H14F2N4S. The summed E-state index contributed by atoms with van der Waals surface area (Å²) < 4.78 is 28.8. The number of hydrogen-bond donors (Lipinski definition) is 1. The minimum absolute atomic E-state index is 0.0486. The van der Waals surface area contributed by atoms with Crippen molar-refractivity contribution in [2.24, 2.45) is 5.73 Å². The Morgan fingerprint density at radius 1 is 1.26 bits per heavy atom. The highest BCUT2D eigenvalue weighted by Crippen LogP contribution is 2.24. The predicted octanol–water partition coefficient (Wildman–Crippen LogP) is 2.12. The van der Waals surface area contributed by atoms with Gasteiger partial charge in [0.15, 0.2) is 5.16 Å². The predicted molar refractivity (Wildman–Crippen MR) is 69.7 cm³/mol. The quantitative estimate of drug-likeness (QED) is 0.854. The fourth-order valence-electron chi connectivity index (χ4n) is 1.66. The lowest BCUT2D eigenvalue weighted by Gasteiger charge is -2.07. The van der Waals surface area contributed by atoms with Gasteiger partial charge in [-0.3, -0.25) is 0 Å². The number of thioether (sulfide) groups is 1. The Hall–Kier alpha value is -1.47. The molecule has 1 heterocycles. The molecule has 1 aromatic heterocycles. The summed E-state index contributed by atoms with van der Waals surface area (Å²) in [5.74, 6) is -0.188. The van der Waals surface area contributed by atoms with Gasteiger partial charge in [0.1, 0.15) is 17.5 Å². The number of aryl methyl sites for hydroxylation is 1. The van der Waals surface area contributed by atoms with Crippen molar-refractivity contribution >= 4 is 11.8 Å². The van der Waals surface area contributed by atoms with Gasteiger partial charge in [-0.25, -0.2) is 8.78 Å². The molecule has 0 spiro atoms. The first-order valence-electron chi connectivity index (χ1n) is 5.79. The zero-order valence-corrected chi connectivity index (χ0v) is 11.3. The normalized spacial score (nSPS) is 10.9. The van der Waals surface area contributed by atoms with Crippen molar-refractivity contribution in [2.75, 3.05) is 6.54 Å². The van der Waals surface area contributed by atoms with Crippen LogP contribution in [0.4, 0.5) is 8.78 Å². The summed E-state index contributed by atoms with van der Waals surface area (Å²) in [6.45, 7) is 2.86. The first-order valence-corrected chi connectivity index (χ1v) is 6.77. The van der Waals surface area contributed by atoms with Crippen molar-refractivity contribution in [3.05, 3.63) is 41.2 Å². The molecule has 7 heteroatoms. The number of rotatable bonds is 5. The Bertz CT molecular complexity index is 551. The lowest BCUT2D eigenvalue weighted by molar-refractivity contribution is 0.566. The second-order valence-corrected chi connectivity index (χ2v) is 4.90. The van der Waals surface area contributed by atoms with Crippen molar-refractivity contribution in [1.82, 2.24) is 14.8 Å². The lowest BCUT2D eigenvalue weighted by Crippen LogP contribution is -2.12. The van der Waals surface area contributed by atoms with Gasteiger partial charge in [0, 0.05) is 24.4 Å². The number of nitrogens with two attached hydrogens (primary N) is 1. The molecule has 0 aliphatic rings. The van der Waals surface area contributed by atoms with E-state index in [1.54, 1.807) is 0 Å². The third-order valence-electron chi connectivity index (χ3n) is 2.66. The van der Waals surface area contributed by atoms with Crippen molar-refractivity contribution in [3.8, 4) is 0 Å². The molecule has 2 rings (SSSR count). The summed E-state index contributed by atoms with van der Waals surface area (Å²) in [6, 6.07) is 3.84. The Kier molecular flexibility index (Phi) is 4.49. The van der Waals surface area contributed by atoms with E-state index in [4.69, 9.17) is 5.73 Å². The lowest BCUT2D eigenvalue weighted by atomic mass is 10.2. The van der Waals surface area contributed by atoms with E-state index >= 15 is 0 Å². The van der Waals surface area contributed by atoms with Crippen molar-refractivity contribution in [2.45, 2.75) is 24.4 Å². The second kappa shape index (κ2) is 6.12. The zero-order chi connectivity index (χ0) is 13.8. The summed E-state index contributed by atoms with van der Waals surface area (Å²) in [5.41, 5.74) is 5.56. The van der Waals surface area contributed by atoms with Gasteiger partial charge >= 0.3 is 0 Å². The number of hydrogen-bond acceptors (Lipinski definition) is 4. The minimum atomic E-state index is -0.547. The van der Waals surface area contributed by atoms with Gasteiger partial charge < -0.3 is 10.3 Å². The Labute approximate surface area is 114 Å².